The van der Waals surface area contributed by atoms with Crippen LogP contribution in [0.5, 0.6) is 0 Å². The fourth-order valence-corrected chi connectivity index (χ4v) is 1.83. The number of nitrogens with one attached hydrogen (secondary N) is 2. The van der Waals surface area contributed by atoms with Crippen molar-refractivity contribution in [3.63, 3.8) is 0 Å². The number of rotatable bonds is 3. The molecule has 2 N–H and O–H groups in total. The van der Waals surface area contributed by atoms with E-state index in [4.69, 9.17) is 28.2 Å². The maximum Gasteiger partial charge on any atom is 0.250 e. The molecule has 0 saturated heterocycles. The normalized spacial score (nSPS) is 10.6. The maximum absolute atomic E-state index is 13.0. The zero-order valence-electron chi connectivity index (χ0n) is 10.6. The fourth-order valence-electron chi connectivity index (χ4n) is 1.43. The Morgan fingerprint density at radius 3 is 2.86 bits per heavy atom. The van der Waals surface area contributed by atoms with Gasteiger partial charge >= 0.3 is 0 Å². The summed E-state index contributed by atoms with van der Waals surface area (Å²) >= 11 is 10.6. The zero-order chi connectivity index (χ0) is 15.2. The highest BCUT2D eigenvalue weighted by atomic mass is 35.5. The first-order valence-electron chi connectivity index (χ1n) is 5.83. The van der Waals surface area contributed by atoms with Crippen LogP contribution in [0.15, 0.2) is 47.1 Å². The van der Waals surface area contributed by atoms with Crippen molar-refractivity contribution < 1.29 is 13.6 Å². The van der Waals surface area contributed by atoms with Gasteiger partial charge in [0.2, 0.25) is 5.91 Å². The van der Waals surface area contributed by atoms with E-state index in [9.17, 15) is 9.18 Å². The molecule has 0 bridgehead atoms. The topological polar surface area (TPSA) is 54.3 Å². The highest BCUT2D eigenvalue weighted by Crippen LogP contribution is 2.19. The molecule has 21 heavy (non-hydrogen) atoms. The first kappa shape index (κ1) is 15.2. The van der Waals surface area contributed by atoms with Crippen molar-refractivity contribution in [1.82, 2.24) is 5.32 Å². The second kappa shape index (κ2) is 7.01. The molecular formula is C14H10ClFN2O2S. The van der Waals surface area contributed by atoms with E-state index in [1.807, 2.05) is 0 Å². The van der Waals surface area contributed by atoms with Crippen molar-refractivity contribution in [2.45, 2.75) is 0 Å². The Morgan fingerprint density at radius 1 is 1.38 bits per heavy atom. The number of thiocarbonyl (C=S) groups is 1. The Balaban J connectivity index is 1.89. The molecule has 0 saturated carbocycles. The molecule has 1 aromatic heterocycles. The minimum Gasteiger partial charge on any atom is -0.465 e. The van der Waals surface area contributed by atoms with Crippen LogP contribution in [0, 0.1) is 5.82 Å². The van der Waals surface area contributed by atoms with Crippen LogP contribution in [-0.4, -0.2) is 11.0 Å². The SMILES string of the molecule is O=C(/C=C/c1ccco1)NC(=S)Nc1ccc(F)c(Cl)c1. The van der Waals surface area contributed by atoms with Gasteiger partial charge < -0.3 is 9.73 Å². The predicted octanol–water partition coefficient (Wildman–Crippen LogP) is 3.60. The summed E-state index contributed by atoms with van der Waals surface area (Å²) in [4.78, 5) is 11.6. The number of anilines is 1. The summed E-state index contributed by atoms with van der Waals surface area (Å²) in [5.74, 6) is -0.398. The van der Waals surface area contributed by atoms with Gasteiger partial charge in [0.1, 0.15) is 11.6 Å². The van der Waals surface area contributed by atoms with Crippen molar-refractivity contribution in [3.8, 4) is 0 Å². The van der Waals surface area contributed by atoms with E-state index < -0.39 is 11.7 Å². The zero-order valence-corrected chi connectivity index (χ0v) is 12.2. The van der Waals surface area contributed by atoms with Gasteiger partial charge in [0.05, 0.1) is 11.3 Å². The Labute approximate surface area is 130 Å². The number of hydrogen-bond acceptors (Lipinski definition) is 3. The molecule has 2 aromatic rings. The number of amides is 1. The van der Waals surface area contributed by atoms with E-state index in [1.54, 1.807) is 12.1 Å². The lowest BCUT2D eigenvalue weighted by molar-refractivity contribution is -0.115. The number of carbonyl (C=O) groups is 1. The van der Waals surface area contributed by atoms with E-state index in [-0.39, 0.29) is 10.1 Å². The number of halogens is 2. The molecule has 1 aromatic carbocycles. The summed E-state index contributed by atoms with van der Waals surface area (Å²) in [5, 5.41) is 5.21. The third-order valence-corrected chi connectivity index (χ3v) is 2.85. The molecule has 0 aliphatic rings. The first-order valence-corrected chi connectivity index (χ1v) is 6.62. The van der Waals surface area contributed by atoms with E-state index in [1.165, 1.54) is 36.6 Å². The summed E-state index contributed by atoms with van der Waals surface area (Å²) in [5.41, 5.74) is 0.474. The molecule has 0 unspecified atom stereocenters. The highest BCUT2D eigenvalue weighted by molar-refractivity contribution is 7.80. The van der Waals surface area contributed by atoms with Gasteiger partial charge in [-0.05, 0) is 48.6 Å². The second-order valence-corrected chi connectivity index (χ2v) is 4.74. The Morgan fingerprint density at radius 2 is 2.19 bits per heavy atom. The monoisotopic (exact) mass is 324 g/mol. The standard InChI is InChI=1S/C14H10ClFN2O2S/c15-11-8-9(3-5-12(11)16)17-14(21)18-13(19)6-4-10-2-1-7-20-10/h1-8H,(H2,17,18,19,21)/b6-4+. The largest absolute Gasteiger partial charge is 0.465 e. The van der Waals surface area contributed by atoms with Crippen LogP contribution in [0.4, 0.5) is 10.1 Å². The van der Waals surface area contributed by atoms with Gasteiger partial charge in [-0.2, -0.15) is 0 Å². The second-order valence-electron chi connectivity index (χ2n) is 3.92. The van der Waals surface area contributed by atoms with Crippen LogP contribution >= 0.6 is 23.8 Å². The maximum atomic E-state index is 13.0. The van der Waals surface area contributed by atoms with Gasteiger partial charge in [-0.25, -0.2) is 4.39 Å². The molecule has 0 fully saturated rings. The molecule has 2 rings (SSSR count). The Bertz CT molecular complexity index is 686. The summed E-state index contributed by atoms with van der Waals surface area (Å²) < 4.78 is 18.0. The molecule has 1 amide bonds. The number of carbonyl (C=O) groups excluding carboxylic acids is 1. The average molecular weight is 325 g/mol. The number of hydrogen-bond donors (Lipinski definition) is 2. The Hall–Kier alpha value is -2.18. The van der Waals surface area contributed by atoms with Crippen molar-refractivity contribution in [3.05, 3.63) is 59.3 Å². The molecule has 0 aliphatic carbocycles. The summed E-state index contributed by atoms with van der Waals surface area (Å²) in [6.45, 7) is 0. The molecule has 1 heterocycles. The predicted molar refractivity (Wildman–Crippen MR) is 83.5 cm³/mol. The number of furan rings is 1. The number of benzene rings is 1. The van der Waals surface area contributed by atoms with E-state index in [0.29, 0.717) is 11.4 Å². The molecule has 0 aliphatic heterocycles. The molecule has 108 valence electrons. The minimum atomic E-state index is -0.529. The molecule has 4 nitrogen and oxygen atoms in total. The quantitative estimate of drug-likeness (QED) is 0.669. The lowest BCUT2D eigenvalue weighted by Gasteiger charge is -2.08. The van der Waals surface area contributed by atoms with Crippen molar-refractivity contribution >= 4 is 46.6 Å². The summed E-state index contributed by atoms with van der Waals surface area (Å²) in [6, 6.07) is 7.45. The van der Waals surface area contributed by atoms with Gasteiger partial charge in [-0.1, -0.05) is 11.6 Å². The van der Waals surface area contributed by atoms with Crippen LogP contribution in [0.2, 0.25) is 5.02 Å². The minimum absolute atomic E-state index is 0.0353. The van der Waals surface area contributed by atoms with Crippen molar-refractivity contribution in [2.75, 3.05) is 5.32 Å². The van der Waals surface area contributed by atoms with Crippen LogP contribution < -0.4 is 10.6 Å². The van der Waals surface area contributed by atoms with E-state index in [0.717, 1.165) is 0 Å². The highest BCUT2D eigenvalue weighted by Gasteiger charge is 2.04. The van der Waals surface area contributed by atoms with Crippen molar-refractivity contribution in [2.24, 2.45) is 0 Å². The van der Waals surface area contributed by atoms with Crippen LogP contribution in [0.25, 0.3) is 6.08 Å². The molecular weight excluding hydrogens is 315 g/mol. The van der Waals surface area contributed by atoms with Crippen LogP contribution in [-0.2, 0) is 4.79 Å². The van der Waals surface area contributed by atoms with Crippen LogP contribution in [0.1, 0.15) is 5.76 Å². The van der Waals surface area contributed by atoms with Crippen LogP contribution in [0.3, 0.4) is 0 Å². The van der Waals surface area contributed by atoms with Gasteiger partial charge in [0, 0.05) is 11.8 Å². The van der Waals surface area contributed by atoms with E-state index in [2.05, 4.69) is 10.6 Å². The lowest BCUT2D eigenvalue weighted by Crippen LogP contribution is -2.32. The first-order chi connectivity index (χ1) is 10.0. The third-order valence-electron chi connectivity index (χ3n) is 2.36. The Kier molecular flexibility index (Phi) is 5.08. The van der Waals surface area contributed by atoms with Gasteiger partial charge in [0.25, 0.3) is 0 Å². The smallest absolute Gasteiger partial charge is 0.250 e. The van der Waals surface area contributed by atoms with Crippen molar-refractivity contribution in [1.29, 1.82) is 0 Å². The van der Waals surface area contributed by atoms with Gasteiger partial charge in [0.15, 0.2) is 5.11 Å². The molecule has 0 radical (unpaired) electrons. The average Bonchev–Trinajstić information content (AvgIpc) is 2.94. The molecule has 0 atom stereocenters. The van der Waals surface area contributed by atoms with E-state index >= 15 is 0 Å². The molecule has 0 spiro atoms. The summed E-state index contributed by atoms with van der Waals surface area (Å²) in [7, 11) is 0. The molecule has 7 heteroatoms. The van der Waals surface area contributed by atoms with Gasteiger partial charge in [-0.3, -0.25) is 10.1 Å². The summed E-state index contributed by atoms with van der Waals surface area (Å²) in [6.07, 6.45) is 4.29. The van der Waals surface area contributed by atoms with Gasteiger partial charge in [-0.15, -0.1) is 0 Å². The lowest BCUT2D eigenvalue weighted by atomic mass is 10.3. The fraction of sp³-hybridized carbons (Fsp3) is 0. The third kappa shape index (κ3) is 4.70.